The SMILES string of the molecule is CN1OC[C@@H](S(=O)(=O)NCc2ccccc2F)[C@@H]1c1cccc([N+](=O)[O-])c1. The van der Waals surface area contributed by atoms with Crippen LogP contribution in [0.3, 0.4) is 0 Å². The van der Waals surface area contributed by atoms with Crippen molar-refractivity contribution in [2.45, 2.75) is 17.8 Å². The lowest BCUT2D eigenvalue weighted by Gasteiger charge is -2.23. The van der Waals surface area contributed by atoms with Gasteiger partial charge in [0.1, 0.15) is 11.1 Å². The van der Waals surface area contributed by atoms with Crippen molar-refractivity contribution in [1.82, 2.24) is 9.79 Å². The van der Waals surface area contributed by atoms with E-state index in [4.69, 9.17) is 4.84 Å². The molecule has 1 heterocycles. The highest BCUT2D eigenvalue weighted by Gasteiger charge is 2.43. The number of rotatable bonds is 6. The fourth-order valence-corrected chi connectivity index (χ4v) is 4.51. The van der Waals surface area contributed by atoms with Gasteiger partial charge in [-0.05, 0) is 11.6 Å². The molecule has 27 heavy (non-hydrogen) atoms. The molecule has 3 rings (SSSR count). The molecule has 1 aliphatic heterocycles. The number of hydrogen-bond donors (Lipinski definition) is 1. The molecule has 1 N–H and O–H groups in total. The summed E-state index contributed by atoms with van der Waals surface area (Å²) >= 11 is 0. The van der Waals surface area contributed by atoms with Gasteiger partial charge < -0.3 is 0 Å². The van der Waals surface area contributed by atoms with E-state index in [1.54, 1.807) is 19.2 Å². The van der Waals surface area contributed by atoms with Crippen molar-refractivity contribution < 1.29 is 22.6 Å². The van der Waals surface area contributed by atoms with Gasteiger partial charge in [0.25, 0.3) is 5.69 Å². The quantitative estimate of drug-likeness (QED) is 0.594. The van der Waals surface area contributed by atoms with Crippen LogP contribution in [0.5, 0.6) is 0 Å². The van der Waals surface area contributed by atoms with Crippen molar-refractivity contribution in [3.8, 4) is 0 Å². The third-order valence-corrected chi connectivity index (χ3v) is 6.17. The monoisotopic (exact) mass is 395 g/mol. The number of benzene rings is 2. The van der Waals surface area contributed by atoms with E-state index in [9.17, 15) is 22.9 Å². The van der Waals surface area contributed by atoms with E-state index in [1.807, 2.05) is 0 Å². The van der Waals surface area contributed by atoms with Crippen molar-refractivity contribution in [2.24, 2.45) is 0 Å². The first-order valence-corrected chi connectivity index (χ1v) is 9.66. The molecule has 2 aromatic rings. The standard InChI is InChI=1S/C17H18FN3O5S/c1-20-17(12-6-4-7-14(9-12)21(22)23)16(11-26-20)27(24,25)19-10-13-5-2-3-8-15(13)18/h2-9,16-17,19H,10-11H2,1H3/t16-,17+/m1/s1. The molecule has 8 nitrogen and oxygen atoms in total. The lowest BCUT2D eigenvalue weighted by Crippen LogP contribution is -2.39. The van der Waals surface area contributed by atoms with Crippen molar-refractivity contribution in [3.05, 3.63) is 75.6 Å². The number of halogens is 1. The minimum atomic E-state index is -3.89. The molecule has 0 saturated carbocycles. The zero-order chi connectivity index (χ0) is 19.6. The predicted octanol–water partition coefficient (Wildman–Crippen LogP) is 2.14. The molecule has 0 aromatic heterocycles. The van der Waals surface area contributed by atoms with Crippen LogP contribution in [-0.2, 0) is 21.4 Å². The third-order valence-electron chi connectivity index (χ3n) is 4.43. The molecule has 0 spiro atoms. The molecular weight excluding hydrogens is 377 g/mol. The lowest BCUT2D eigenvalue weighted by molar-refractivity contribution is -0.385. The van der Waals surface area contributed by atoms with Crippen molar-refractivity contribution >= 4 is 15.7 Å². The molecule has 2 atom stereocenters. The minimum absolute atomic E-state index is 0.115. The van der Waals surface area contributed by atoms with E-state index in [0.29, 0.717) is 5.56 Å². The van der Waals surface area contributed by atoms with Crippen LogP contribution in [0.1, 0.15) is 17.2 Å². The van der Waals surface area contributed by atoms with Crippen molar-refractivity contribution in [3.63, 3.8) is 0 Å². The molecule has 0 unspecified atom stereocenters. The number of nitro benzene ring substituents is 1. The summed E-state index contributed by atoms with van der Waals surface area (Å²) in [5.74, 6) is -0.504. The molecule has 0 radical (unpaired) electrons. The fraction of sp³-hybridized carbons (Fsp3) is 0.294. The lowest BCUT2D eigenvalue weighted by atomic mass is 10.0. The molecule has 144 valence electrons. The Morgan fingerprint density at radius 2 is 2.04 bits per heavy atom. The van der Waals surface area contributed by atoms with Gasteiger partial charge >= 0.3 is 0 Å². The van der Waals surface area contributed by atoms with Gasteiger partial charge in [-0.2, -0.15) is 5.06 Å². The second kappa shape index (κ2) is 7.69. The normalized spacial score (nSPS) is 20.7. The smallest absolute Gasteiger partial charge is 0.269 e. The topological polar surface area (TPSA) is 102 Å². The average molecular weight is 395 g/mol. The average Bonchev–Trinajstić information content (AvgIpc) is 3.03. The Bertz CT molecular complexity index is 953. The summed E-state index contributed by atoms with van der Waals surface area (Å²) in [6.45, 7) is -0.312. The minimum Gasteiger partial charge on any atom is -0.297 e. The Morgan fingerprint density at radius 1 is 1.30 bits per heavy atom. The number of hydroxylamine groups is 2. The molecular formula is C17H18FN3O5S. The second-order valence-corrected chi connectivity index (χ2v) is 8.12. The van der Waals surface area contributed by atoms with Crippen molar-refractivity contribution in [2.75, 3.05) is 13.7 Å². The first kappa shape index (κ1) is 19.4. The maximum Gasteiger partial charge on any atom is 0.269 e. The Balaban J connectivity index is 1.84. The van der Waals surface area contributed by atoms with Gasteiger partial charge in [-0.1, -0.05) is 30.3 Å². The number of nitrogens with one attached hydrogen (secondary N) is 1. The van der Waals surface area contributed by atoms with Crippen LogP contribution in [0.4, 0.5) is 10.1 Å². The van der Waals surface area contributed by atoms with E-state index in [-0.39, 0.29) is 24.4 Å². The highest BCUT2D eigenvalue weighted by molar-refractivity contribution is 7.90. The van der Waals surface area contributed by atoms with Gasteiger partial charge in [-0.25, -0.2) is 17.5 Å². The van der Waals surface area contributed by atoms with E-state index < -0.39 is 32.1 Å². The molecule has 1 fully saturated rings. The van der Waals surface area contributed by atoms with E-state index in [2.05, 4.69) is 4.72 Å². The summed E-state index contributed by atoms with van der Waals surface area (Å²) < 4.78 is 41.7. The molecule has 1 saturated heterocycles. The number of hydrogen-bond acceptors (Lipinski definition) is 6. The Hall–Kier alpha value is -2.40. The number of nitro groups is 1. The first-order chi connectivity index (χ1) is 12.8. The summed E-state index contributed by atoms with van der Waals surface area (Å²) in [4.78, 5) is 15.8. The molecule has 0 bridgehead atoms. The van der Waals surface area contributed by atoms with Crippen LogP contribution in [0.15, 0.2) is 48.5 Å². The Kier molecular flexibility index (Phi) is 5.51. The Labute approximate surface area is 155 Å². The van der Waals surface area contributed by atoms with Crippen molar-refractivity contribution in [1.29, 1.82) is 0 Å². The van der Waals surface area contributed by atoms with Gasteiger partial charge in [0.2, 0.25) is 10.0 Å². The highest BCUT2D eigenvalue weighted by atomic mass is 32.2. The van der Waals surface area contributed by atoms with Gasteiger partial charge in [0.05, 0.1) is 17.6 Å². The first-order valence-electron chi connectivity index (χ1n) is 8.11. The predicted molar refractivity (Wildman–Crippen MR) is 95.5 cm³/mol. The van der Waals surface area contributed by atoms with E-state index in [0.717, 1.165) is 0 Å². The maximum absolute atomic E-state index is 13.7. The van der Waals surface area contributed by atoms with Crippen LogP contribution in [-0.4, -0.2) is 37.3 Å². The molecule has 0 aliphatic carbocycles. The fourth-order valence-electron chi connectivity index (χ4n) is 3.03. The van der Waals surface area contributed by atoms with Crippen LogP contribution in [0.25, 0.3) is 0 Å². The zero-order valence-corrected chi connectivity index (χ0v) is 15.2. The van der Waals surface area contributed by atoms with Gasteiger partial charge in [-0.3, -0.25) is 15.0 Å². The maximum atomic E-state index is 13.7. The summed E-state index contributed by atoms with van der Waals surface area (Å²) in [6, 6.07) is 10.9. The molecule has 1 aliphatic rings. The van der Waals surface area contributed by atoms with Crippen LogP contribution in [0.2, 0.25) is 0 Å². The van der Waals surface area contributed by atoms with E-state index in [1.165, 1.54) is 41.5 Å². The molecule has 2 aromatic carbocycles. The second-order valence-electron chi connectivity index (χ2n) is 6.13. The number of nitrogens with zero attached hydrogens (tertiary/aromatic N) is 2. The zero-order valence-electron chi connectivity index (χ0n) is 14.4. The largest absolute Gasteiger partial charge is 0.297 e. The van der Waals surface area contributed by atoms with Gasteiger partial charge in [0, 0.05) is 31.3 Å². The summed E-state index contributed by atoms with van der Waals surface area (Å²) in [6.07, 6.45) is 0. The highest BCUT2D eigenvalue weighted by Crippen LogP contribution is 2.34. The number of non-ortho nitro benzene ring substituents is 1. The van der Waals surface area contributed by atoms with E-state index >= 15 is 0 Å². The summed E-state index contributed by atoms with van der Waals surface area (Å²) in [5, 5.41) is 11.4. The molecule has 0 amide bonds. The van der Waals surface area contributed by atoms with Crippen LogP contribution >= 0.6 is 0 Å². The third kappa shape index (κ3) is 4.14. The number of sulfonamides is 1. The van der Waals surface area contributed by atoms with Gasteiger partial charge in [-0.15, -0.1) is 0 Å². The molecule has 10 heteroatoms. The summed E-state index contributed by atoms with van der Waals surface area (Å²) in [5.41, 5.74) is 0.536. The summed E-state index contributed by atoms with van der Waals surface area (Å²) in [7, 11) is -2.33. The van der Waals surface area contributed by atoms with Crippen LogP contribution in [0, 0.1) is 15.9 Å². The Morgan fingerprint density at radius 3 is 2.74 bits per heavy atom. The van der Waals surface area contributed by atoms with Crippen LogP contribution < -0.4 is 4.72 Å². The van der Waals surface area contributed by atoms with Gasteiger partial charge in [0.15, 0.2) is 0 Å².